The quantitative estimate of drug-likeness (QED) is 0.871. The lowest BCUT2D eigenvalue weighted by Gasteiger charge is -2.30. The smallest absolute Gasteiger partial charge is 0.250 e. The Balaban J connectivity index is 1.77. The van der Waals surface area contributed by atoms with Gasteiger partial charge in [0.05, 0.1) is 0 Å². The van der Waals surface area contributed by atoms with Crippen LogP contribution in [0.3, 0.4) is 0 Å². The van der Waals surface area contributed by atoms with Crippen molar-refractivity contribution in [2.45, 2.75) is 19.4 Å². The van der Waals surface area contributed by atoms with E-state index < -0.39 is 0 Å². The maximum atomic E-state index is 12.8. The third kappa shape index (κ3) is 1.88. The van der Waals surface area contributed by atoms with Gasteiger partial charge in [-0.3, -0.25) is 4.79 Å². The molecule has 3 rings (SSSR count). The fraction of sp³-hybridized carbons (Fsp3) is 0.357. The summed E-state index contributed by atoms with van der Waals surface area (Å²) in [5.41, 5.74) is 0.712. The van der Waals surface area contributed by atoms with Crippen molar-refractivity contribution in [2.75, 3.05) is 6.54 Å². The zero-order chi connectivity index (χ0) is 12.8. The summed E-state index contributed by atoms with van der Waals surface area (Å²) in [6.45, 7) is 1.02. The SMILES string of the molecule is O=C1C=C(O)C2(CC2)CN1Cc1ccc(F)cc1. The van der Waals surface area contributed by atoms with Gasteiger partial charge in [-0.25, -0.2) is 4.39 Å². The normalized spacial score (nSPS) is 21.1. The first-order valence-electron chi connectivity index (χ1n) is 6.04. The molecule has 0 bridgehead atoms. The first-order valence-corrected chi connectivity index (χ1v) is 6.04. The highest BCUT2D eigenvalue weighted by atomic mass is 19.1. The predicted molar refractivity (Wildman–Crippen MR) is 64.2 cm³/mol. The first-order chi connectivity index (χ1) is 8.59. The van der Waals surface area contributed by atoms with Crippen LogP contribution < -0.4 is 0 Å². The van der Waals surface area contributed by atoms with Gasteiger partial charge in [-0.05, 0) is 30.5 Å². The fourth-order valence-electron chi connectivity index (χ4n) is 2.39. The highest BCUT2D eigenvalue weighted by molar-refractivity contribution is 5.89. The highest BCUT2D eigenvalue weighted by Crippen LogP contribution is 2.53. The number of rotatable bonds is 2. The monoisotopic (exact) mass is 247 g/mol. The maximum Gasteiger partial charge on any atom is 0.250 e. The molecule has 1 aliphatic heterocycles. The Morgan fingerprint density at radius 3 is 2.56 bits per heavy atom. The van der Waals surface area contributed by atoms with Gasteiger partial charge < -0.3 is 10.0 Å². The molecule has 4 heteroatoms. The van der Waals surface area contributed by atoms with Crippen molar-refractivity contribution >= 4 is 5.91 Å². The second-order valence-electron chi connectivity index (χ2n) is 5.13. The van der Waals surface area contributed by atoms with E-state index in [4.69, 9.17) is 0 Å². The summed E-state index contributed by atoms with van der Waals surface area (Å²) in [4.78, 5) is 13.5. The van der Waals surface area contributed by atoms with Crippen LogP contribution in [0.2, 0.25) is 0 Å². The molecule has 3 nitrogen and oxygen atoms in total. The summed E-state index contributed by atoms with van der Waals surface area (Å²) in [6.07, 6.45) is 3.19. The van der Waals surface area contributed by atoms with Gasteiger partial charge >= 0.3 is 0 Å². The Kier molecular flexibility index (Phi) is 2.40. The van der Waals surface area contributed by atoms with E-state index in [1.165, 1.54) is 18.2 Å². The van der Waals surface area contributed by atoms with Crippen molar-refractivity contribution in [3.05, 3.63) is 47.5 Å². The Morgan fingerprint density at radius 2 is 1.94 bits per heavy atom. The highest BCUT2D eigenvalue weighted by Gasteiger charge is 2.51. The second kappa shape index (κ2) is 3.83. The minimum atomic E-state index is -0.278. The van der Waals surface area contributed by atoms with Crippen molar-refractivity contribution in [1.29, 1.82) is 0 Å². The number of aliphatic hydroxyl groups excluding tert-OH is 1. The lowest BCUT2D eigenvalue weighted by Crippen LogP contribution is -2.39. The molecule has 1 aromatic carbocycles. The average Bonchev–Trinajstić information content (AvgIpc) is 3.10. The number of aliphatic hydroxyl groups is 1. The number of carbonyl (C=O) groups excluding carboxylic acids is 1. The van der Waals surface area contributed by atoms with E-state index >= 15 is 0 Å². The summed E-state index contributed by atoms with van der Waals surface area (Å²) in [5.74, 6) is -0.225. The van der Waals surface area contributed by atoms with E-state index in [-0.39, 0.29) is 22.9 Å². The average molecular weight is 247 g/mol. The number of halogens is 1. The number of carbonyl (C=O) groups is 1. The Bertz CT molecular complexity index is 517. The van der Waals surface area contributed by atoms with Crippen molar-refractivity contribution in [3.8, 4) is 0 Å². The first kappa shape index (κ1) is 11.3. The molecule has 1 spiro atoms. The summed E-state index contributed by atoms with van der Waals surface area (Å²) in [7, 11) is 0. The van der Waals surface area contributed by atoms with Gasteiger partial charge in [0.15, 0.2) is 0 Å². The molecule has 1 aromatic rings. The van der Waals surface area contributed by atoms with Gasteiger partial charge in [0.1, 0.15) is 11.6 Å². The van der Waals surface area contributed by atoms with Gasteiger partial charge in [-0.2, -0.15) is 0 Å². The molecule has 0 saturated heterocycles. The largest absolute Gasteiger partial charge is 0.511 e. The molecule has 94 valence electrons. The molecule has 0 atom stereocenters. The molecule has 1 fully saturated rings. The molecular weight excluding hydrogens is 233 g/mol. The van der Waals surface area contributed by atoms with E-state index in [0.29, 0.717) is 13.1 Å². The lowest BCUT2D eigenvalue weighted by molar-refractivity contribution is -0.128. The number of hydrogen-bond donors (Lipinski definition) is 1. The lowest BCUT2D eigenvalue weighted by atomic mass is 9.99. The Hall–Kier alpha value is -1.84. The number of nitrogens with zero attached hydrogens (tertiary/aromatic N) is 1. The number of benzene rings is 1. The van der Waals surface area contributed by atoms with Gasteiger partial charge in [0.2, 0.25) is 5.91 Å². The molecular formula is C14H14FNO2. The maximum absolute atomic E-state index is 12.8. The zero-order valence-electron chi connectivity index (χ0n) is 9.90. The molecule has 0 aromatic heterocycles. The van der Waals surface area contributed by atoms with Crippen LogP contribution in [-0.4, -0.2) is 22.5 Å². The van der Waals surface area contributed by atoms with Crippen molar-refractivity contribution in [3.63, 3.8) is 0 Å². The van der Waals surface area contributed by atoms with Crippen LogP contribution in [0.1, 0.15) is 18.4 Å². The molecule has 0 radical (unpaired) electrons. The van der Waals surface area contributed by atoms with Crippen molar-refractivity contribution in [2.24, 2.45) is 5.41 Å². The molecule has 1 aliphatic carbocycles. The van der Waals surface area contributed by atoms with Gasteiger partial charge in [-0.15, -0.1) is 0 Å². The minimum absolute atomic E-state index is 0.172. The van der Waals surface area contributed by atoms with Crippen LogP contribution in [0, 0.1) is 11.2 Å². The second-order valence-corrected chi connectivity index (χ2v) is 5.13. The van der Waals surface area contributed by atoms with E-state index in [1.807, 2.05) is 0 Å². The molecule has 1 N–H and O–H groups in total. The van der Waals surface area contributed by atoms with Crippen LogP contribution in [0.15, 0.2) is 36.1 Å². The van der Waals surface area contributed by atoms with Crippen molar-refractivity contribution in [1.82, 2.24) is 4.90 Å². The molecule has 2 aliphatic rings. The van der Waals surface area contributed by atoms with Crippen LogP contribution >= 0.6 is 0 Å². The van der Waals surface area contributed by atoms with Crippen LogP contribution in [0.4, 0.5) is 4.39 Å². The topological polar surface area (TPSA) is 40.5 Å². The van der Waals surface area contributed by atoms with E-state index in [1.54, 1.807) is 17.0 Å². The van der Waals surface area contributed by atoms with Gasteiger partial charge in [0.25, 0.3) is 0 Å². The van der Waals surface area contributed by atoms with E-state index in [0.717, 1.165) is 18.4 Å². The summed E-state index contributed by atoms with van der Waals surface area (Å²) in [5, 5.41) is 9.75. The molecule has 1 saturated carbocycles. The third-order valence-electron chi connectivity index (χ3n) is 3.75. The van der Waals surface area contributed by atoms with Crippen LogP contribution in [-0.2, 0) is 11.3 Å². The molecule has 18 heavy (non-hydrogen) atoms. The third-order valence-corrected chi connectivity index (χ3v) is 3.75. The summed E-state index contributed by atoms with van der Waals surface area (Å²) >= 11 is 0. The molecule has 0 unspecified atom stereocenters. The molecule has 1 amide bonds. The fourth-order valence-corrected chi connectivity index (χ4v) is 2.39. The van der Waals surface area contributed by atoms with E-state index in [9.17, 15) is 14.3 Å². The van der Waals surface area contributed by atoms with Crippen molar-refractivity contribution < 1.29 is 14.3 Å². The van der Waals surface area contributed by atoms with Crippen LogP contribution in [0.25, 0.3) is 0 Å². The minimum Gasteiger partial charge on any atom is -0.511 e. The Labute approximate surface area is 105 Å². The summed E-state index contributed by atoms with van der Waals surface area (Å²) in [6, 6.07) is 6.15. The van der Waals surface area contributed by atoms with Crippen LogP contribution in [0.5, 0.6) is 0 Å². The van der Waals surface area contributed by atoms with Gasteiger partial charge in [-0.1, -0.05) is 12.1 Å². The van der Waals surface area contributed by atoms with E-state index in [2.05, 4.69) is 0 Å². The standard InChI is InChI=1S/C14H14FNO2/c15-11-3-1-10(2-4-11)8-16-9-14(5-6-14)12(17)7-13(16)18/h1-4,7,17H,5-6,8-9H2. The predicted octanol–water partition coefficient (Wildman–Crippen LogP) is 2.39. The van der Waals surface area contributed by atoms with Gasteiger partial charge in [0, 0.05) is 24.6 Å². The summed E-state index contributed by atoms with van der Waals surface area (Å²) < 4.78 is 12.8. The number of amides is 1. The Morgan fingerprint density at radius 1 is 1.28 bits per heavy atom. The number of hydrogen-bond acceptors (Lipinski definition) is 2. The zero-order valence-corrected chi connectivity index (χ0v) is 9.90. The molecule has 1 heterocycles.